The Morgan fingerprint density at radius 2 is 1.55 bits per heavy atom. The van der Waals surface area contributed by atoms with Gasteiger partial charge in [-0.25, -0.2) is 18.7 Å². The van der Waals surface area contributed by atoms with E-state index in [1.54, 1.807) is 29.4 Å². The molecule has 0 aliphatic heterocycles. The molecule has 4 rings (SSSR count). The van der Waals surface area contributed by atoms with Crippen molar-refractivity contribution in [2.24, 2.45) is 5.92 Å². The van der Waals surface area contributed by atoms with Gasteiger partial charge in [0.1, 0.15) is 0 Å². The van der Waals surface area contributed by atoms with Crippen molar-refractivity contribution in [3.63, 3.8) is 0 Å². The summed E-state index contributed by atoms with van der Waals surface area (Å²) in [6, 6.07) is 13.2. The zero-order valence-electron chi connectivity index (χ0n) is 18.8. The molecule has 0 N–H and O–H groups in total. The number of hydrogen-bond acceptors (Lipinski definition) is 0. The smallest absolute Gasteiger partial charge is 0.194 e. The fourth-order valence-corrected chi connectivity index (χ4v) is 3.28. The van der Waals surface area contributed by atoms with Crippen molar-refractivity contribution in [2.75, 3.05) is 0 Å². The second kappa shape index (κ2) is 11.3. The minimum atomic E-state index is -1.44. The van der Waals surface area contributed by atoms with Crippen LogP contribution in [0.2, 0.25) is 13.1 Å². The second-order valence-electron chi connectivity index (χ2n) is 7.89. The van der Waals surface area contributed by atoms with E-state index in [2.05, 4.69) is 46.9 Å². The molecule has 0 heterocycles. The van der Waals surface area contributed by atoms with Gasteiger partial charge < -0.3 is 0 Å². The first kappa shape index (κ1) is 25.7. The van der Waals surface area contributed by atoms with E-state index in [4.69, 9.17) is 0 Å². The third-order valence-electron chi connectivity index (χ3n) is 5.21. The van der Waals surface area contributed by atoms with Crippen molar-refractivity contribution in [3.05, 3.63) is 88.8 Å². The summed E-state index contributed by atoms with van der Waals surface area (Å²) in [6.45, 7) is 13.3. The van der Waals surface area contributed by atoms with Gasteiger partial charge in [0.2, 0.25) is 0 Å². The van der Waals surface area contributed by atoms with E-state index in [0.717, 1.165) is 22.9 Å². The fourth-order valence-electron chi connectivity index (χ4n) is 3.28. The molecule has 1 aliphatic rings. The van der Waals surface area contributed by atoms with Gasteiger partial charge >= 0.3 is 41.9 Å². The molecule has 5 heteroatoms. The molecule has 1 unspecified atom stereocenters. The van der Waals surface area contributed by atoms with Crippen molar-refractivity contribution in [1.29, 1.82) is 0 Å². The number of halogens is 3. The van der Waals surface area contributed by atoms with Gasteiger partial charge in [0, 0.05) is 0 Å². The van der Waals surface area contributed by atoms with Gasteiger partial charge in [-0.1, -0.05) is 38.3 Å². The Kier molecular flexibility index (Phi) is 9.39. The molecule has 3 aromatic rings. The molecular weight excluding hydrogens is 489 g/mol. The van der Waals surface area contributed by atoms with Crippen LogP contribution in [0.25, 0.3) is 21.9 Å². The molecule has 0 aromatic heterocycles. The predicted molar refractivity (Wildman–Crippen MR) is 122 cm³/mol. The van der Waals surface area contributed by atoms with Crippen molar-refractivity contribution in [1.82, 2.24) is 0 Å². The third-order valence-corrected chi connectivity index (χ3v) is 5.21. The summed E-state index contributed by atoms with van der Waals surface area (Å²) < 4.78 is 39.4. The van der Waals surface area contributed by atoms with E-state index >= 15 is 0 Å². The Balaban J connectivity index is 0.000000220. The van der Waals surface area contributed by atoms with Crippen molar-refractivity contribution in [2.45, 2.75) is 40.8 Å². The molecule has 0 saturated heterocycles. The summed E-state index contributed by atoms with van der Waals surface area (Å²) in [5.41, 5.74) is 5.49. The molecule has 0 nitrogen and oxygen atoms in total. The Morgan fingerprint density at radius 1 is 1.00 bits per heavy atom. The van der Waals surface area contributed by atoms with E-state index in [0.29, 0.717) is 17.0 Å². The van der Waals surface area contributed by atoms with E-state index in [1.807, 2.05) is 30.3 Å². The Hall–Kier alpha value is -1.58. The maximum Gasteiger partial charge on any atom is 0.194 e. The molecule has 0 saturated carbocycles. The minimum Gasteiger partial charge on any atom is -0.204 e. The molecule has 3 aromatic carbocycles. The molecule has 1 aliphatic carbocycles. The first-order valence-electron chi connectivity index (χ1n) is 10.1. The summed E-state index contributed by atoms with van der Waals surface area (Å²) in [5, 5.41) is 1.88. The van der Waals surface area contributed by atoms with Crippen LogP contribution in [0.1, 0.15) is 27.7 Å². The Bertz CT molecular complexity index is 1130. The van der Waals surface area contributed by atoms with Crippen LogP contribution in [-0.2, 0) is 23.3 Å². The zero-order chi connectivity index (χ0) is 23.3. The average Bonchev–Trinajstić information content (AvgIpc) is 3.23. The number of fused-ring (bicyclic) bond motifs is 1. The molecule has 0 spiro atoms. The van der Waals surface area contributed by atoms with E-state index < -0.39 is 17.5 Å². The van der Waals surface area contributed by atoms with E-state index in [1.165, 1.54) is 16.7 Å². The van der Waals surface area contributed by atoms with Crippen LogP contribution in [0.4, 0.5) is 13.2 Å². The van der Waals surface area contributed by atoms with Gasteiger partial charge in [0.15, 0.2) is 17.5 Å². The summed E-state index contributed by atoms with van der Waals surface area (Å²) in [6.07, 6.45) is 3.36. The standard InChI is InChI=1S/C15H8F3.C9H13.C2H6Si.Zr/c16-13-7-10(8-14(17)15(13)18)12-6-5-9-3-1-2-4-11(9)12;1-6-5-7(2)9(4)8(6)3;1-3-2;/h1-8H;6H,1-4H3;1-2H3;/q2*-1;;+2. The monoisotopic (exact) mass is 514 g/mol. The summed E-state index contributed by atoms with van der Waals surface area (Å²) in [7, 11) is 0. The molecule has 0 fully saturated rings. The van der Waals surface area contributed by atoms with Gasteiger partial charge in [-0.15, -0.1) is 53.6 Å². The maximum atomic E-state index is 13.2. The first-order valence-corrected chi connectivity index (χ1v) is 16.3. The summed E-state index contributed by atoms with van der Waals surface area (Å²) >= 11 is 1.74. The van der Waals surface area contributed by atoms with Gasteiger partial charge in [-0.3, -0.25) is 6.08 Å². The zero-order valence-corrected chi connectivity index (χ0v) is 22.3. The number of allylic oxidation sites excluding steroid dienone is 4. The molecule has 0 bridgehead atoms. The summed E-state index contributed by atoms with van der Waals surface area (Å²) in [4.78, 5) is 0. The number of hydrogen-bond donors (Lipinski definition) is 0. The van der Waals surface area contributed by atoms with Gasteiger partial charge in [0.05, 0.1) is 0 Å². The van der Waals surface area contributed by atoms with Crippen molar-refractivity contribution >= 4 is 16.2 Å². The number of benzene rings is 2. The summed E-state index contributed by atoms with van der Waals surface area (Å²) in [5.74, 6) is -3.22. The normalized spacial score (nSPS) is 15.2. The quantitative estimate of drug-likeness (QED) is 0.174. The Labute approximate surface area is 198 Å². The molecule has 160 valence electrons. The SMILES string of the molecule is CC1=[C-]C(C)C(C)=C1C.C[Si](C)=[Zr+2].Fc1cc(-c2c[cH-]c3ccccc23)cc(F)c1F. The molecular formula is C26H27F3SiZr. The molecule has 1 atom stereocenters. The van der Waals surface area contributed by atoms with Crippen LogP contribution in [0.3, 0.4) is 0 Å². The van der Waals surface area contributed by atoms with E-state index in [9.17, 15) is 13.2 Å². The average molecular weight is 516 g/mol. The van der Waals surface area contributed by atoms with E-state index in [-0.39, 0.29) is 5.43 Å². The second-order valence-corrected chi connectivity index (χ2v) is 17.3. The van der Waals surface area contributed by atoms with Gasteiger partial charge in [-0.2, -0.15) is 11.1 Å². The molecule has 0 radical (unpaired) electrons. The first-order chi connectivity index (χ1) is 14.5. The van der Waals surface area contributed by atoms with Crippen LogP contribution < -0.4 is 0 Å². The Morgan fingerprint density at radius 3 is 2.00 bits per heavy atom. The largest absolute Gasteiger partial charge is 0.204 e. The topological polar surface area (TPSA) is 0 Å². The van der Waals surface area contributed by atoms with Crippen LogP contribution in [0.15, 0.2) is 65.3 Å². The van der Waals surface area contributed by atoms with Crippen LogP contribution in [-0.4, -0.2) is 5.43 Å². The van der Waals surface area contributed by atoms with Crippen LogP contribution >= 0.6 is 0 Å². The van der Waals surface area contributed by atoms with Crippen LogP contribution in [0.5, 0.6) is 0 Å². The maximum absolute atomic E-state index is 13.2. The third kappa shape index (κ3) is 6.70. The van der Waals surface area contributed by atoms with Crippen molar-refractivity contribution in [3.8, 4) is 11.1 Å². The van der Waals surface area contributed by atoms with Gasteiger partial charge in [0.25, 0.3) is 0 Å². The predicted octanol–water partition coefficient (Wildman–Crippen LogP) is 8.15. The van der Waals surface area contributed by atoms with Gasteiger partial charge in [-0.05, 0) is 12.1 Å². The molecule has 0 amide bonds. The fraction of sp³-hybridized carbons (Fsp3) is 0.269. The van der Waals surface area contributed by atoms with Crippen molar-refractivity contribution < 1.29 is 36.5 Å². The molecule has 31 heavy (non-hydrogen) atoms. The minimum absolute atomic E-state index is 0.210. The van der Waals surface area contributed by atoms with Crippen LogP contribution in [0, 0.1) is 29.4 Å². The number of rotatable bonds is 1.